The summed E-state index contributed by atoms with van der Waals surface area (Å²) in [6.07, 6.45) is 3.44. The molecule has 0 aromatic carbocycles. The lowest BCUT2D eigenvalue weighted by Crippen LogP contribution is -2.48. The SMILES string of the molecule is CCCC(=O)N1CCN(c2nccs2)CC1. The molecule has 1 aliphatic rings. The Kier molecular flexibility index (Phi) is 3.77. The molecule has 1 aromatic heterocycles. The smallest absolute Gasteiger partial charge is 0.222 e. The highest BCUT2D eigenvalue weighted by Gasteiger charge is 2.21. The number of anilines is 1. The fourth-order valence-electron chi connectivity index (χ4n) is 1.89. The Morgan fingerprint density at radius 3 is 2.75 bits per heavy atom. The second-order valence-electron chi connectivity index (χ2n) is 3.93. The first-order valence-corrected chi connectivity index (χ1v) is 6.61. The Morgan fingerprint density at radius 2 is 2.19 bits per heavy atom. The van der Waals surface area contributed by atoms with Crippen molar-refractivity contribution in [2.24, 2.45) is 0 Å². The Morgan fingerprint density at radius 1 is 1.44 bits per heavy atom. The minimum absolute atomic E-state index is 0.293. The Hall–Kier alpha value is -1.10. The zero-order chi connectivity index (χ0) is 11.4. The van der Waals surface area contributed by atoms with E-state index in [1.807, 2.05) is 23.4 Å². The number of thiazole rings is 1. The van der Waals surface area contributed by atoms with Gasteiger partial charge < -0.3 is 9.80 Å². The Balaban J connectivity index is 1.85. The van der Waals surface area contributed by atoms with Gasteiger partial charge >= 0.3 is 0 Å². The van der Waals surface area contributed by atoms with Crippen LogP contribution in [0.2, 0.25) is 0 Å². The van der Waals surface area contributed by atoms with Crippen molar-refractivity contribution in [1.29, 1.82) is 0 Å². The maximum atomic E-state index is 11.7. The standard InChI is InChI=1S/C11H17N3OS/c1-2-3-10(15)13-5-7-14(8-6-13)11-12-4-9-16-11/h4,9H,2-3,5-8H2,1H3. The highest BCUT2D eigenvalue weighted by atomic mass is 32.1. The number of rotatable bonds is 3. The largest absolute Gasteiger partial charge is 0.345 e. The highest BCUT2D eigenvalue weighted by molar-refractivity contribution is 7.13. The van der Waals surface area contributed by atoms with Crippen molar-refractivity contribution in [2.75, 3.05) is 31.1 Å². The van der Waals surface area contributed by atoms with Gasteiger partial charge in [-0.15, -0.1) is 11.3 Å². The molecule has 1 fully saturated rings. The molecule has 0 saturated carbocycles. The number of nitrogens with zero attached hydrogens (tertiary/aromatic N) is 3. The molecule has 4 nitrogen and oxygen atoms in total. The Bertz CT molecular complexity index is 331. The number of carbonyl (C=O) groups is 1. The van der Waals surface area contributed by atoms with E-state index in [9.17, 15) is 4.79 Å². The predicted molar refractivity (Wildman–Crippen MR) is 65.8 cm³/mol. The molecule has 1 saturated heterocycles. The van der Waals surface area contributed by atoms with E-state index in [0.717, 1.165) is 37.7 Å². The number of piperazine rings is 1. The lowest BCUT2D eigenvalue weighted by atomic mass is 10.2. The predicted octanol–water partition coefficient (Wildman–Crippen LogP) is 1.59. The minimum atomic E-state index is 0.293. The van der Waals surface area contributed by atoms with Gasteiger partial charge in [-0.05, 0) is 6.42 Å². The first-order chi connectivity index (χ1) is 7.81. The topological polar surface area (TPSA) is 36.4 Å². The fourth-order valence-corrected chi connectivity index (χ4v) is 2.59. The van der Waals surface area contributed by atoms with Crippen LogP contribution in [0.15, 0.2) is 11.6 Å². The number of hydrogen-bond acceptors (Lipinski definition) is 4. The van der Waals surface area contributed by atoms with Crippen LogP contribution < -0.4 is 4.90 Å². The van der Waals surface area contributed by atoms with E-state index in [4.69, 9.17) is 0 Å². The lowest BCUT2D eigenvalue weighted by Gasteiger charge is -2.34. The summed E-state index contributed by atoms with van der Waals surface area (Å²) >= 11 is 1.66. The lowest BCUT2D eigenvalue weighted by molar-refractivity contribution is -0.131. The highest BCUT2D eigenvalue weighted by Crippen LogP contribution is 2.19. The van der Waals surface area contributed by atoms with Crippen molar-refractivity contribution in [3.05, 3.63) is 11.6 Å². The second kappa shape index (κ2) is 5.30. The summed E-state index contributed by atoms with van der Waals surface area (Å²) in [5, 5.41) is 3.06. The molecule has 0 N–H and O–H groups in total. The van der Waals surface area contributed by atoms with Gasteiger partial charge in [0.25, 0.3) is 0 Å². The quantitative estimate of drug-likeness (QED) is 0.803. The molecule has 0 radical (unpaired) electrons. The molecule has 0 unspecified atom stereocenters. The van der Waals surface area contributed by atoms with Gasteiger partial charge in [-0.2, -0.15) is 0 Å². The normalized spacial score (nSPS) is 16.6. The van der Waals surface area contributed by atoms with Crippen LogP contribution in [-0.4, -0.2) is 42.0 Å². The van der Waals surface area contributed by atoms with Crippen molar-refractivity contribution >= 4 is 22.4 Å². The molecule has 5 heteroatoms. The van der Waals surface area contributed by atoms with E-state index in [1.54, 1.807) is 11.3 Å². The summed E-state index contributed by atoms with van der Waals surface area (Å²) in [7, 11) is 0. The fraction of sp³-hybridized carbons (Fsp3) is 0.636. The van der Waals surface area contributed by atoms with Crippen LogP contribution in [0.3, 0.4) is 0 Å². The summed E-state index contributed by atoms with van der Waals surface area (Å²) < 4.78 is 0. The van der Waals surface area contributed by atoms with Crippen LogP contribution in [0.25, 0.3) is 0 Å². The van der Waals surface area contributed by atoms with Gasteiger partial charge in [-0.25, -0.2) is 4.98 Å². The van der Waals surface area contributed by atoms with Gasteiger partial charge in [-0.1, -0.05) is 6.92 Å². The summed E-state index contributed by atoms with van der Waals surface area (Å²) in [5.41, 5.74) is 0. The molecule has 1 amide bonds. The third kappa shape index (κ3) is 2.52. The zero-order valence-corrected chi connectivity index (χ0v) is 10.4. The van der Waals surface area contributed by atoms with E-state index >= 15 is 0 Å². The molecule has 88 valence electrons. The molecule has 2 rings (SSSR count). The van der Waals surface area contributed by atoms with Gasteiger partial charge in [0.2, 0.25) is 5.91 Å². The molecular formula is C11H17N3OS. The maximum Gasteiger partial charge on any atom is 0.222 e. The first-order valence-electron chi connectivity index (χ1n) is 5.73. The molecular weight excluding hydrogens is 222 g/mol. The van der Waals surface area contributed by atoms with Crippen LogP contribution >= 0.6 is 11.3 Å². The number of aromatic nitrogens is 1. The first kappa shape index (κ1) is 11.4. The van der Waals surface area contributed by atoms with Crippen LogP contribution in [0.4, 0.5) is 5.13 Å². The summed E-state index contributed by atoms with van der Waals surface area (Å²) in [5.74, 6) is 0.293. The average molecular weight is 239 g/mol. The van der Waals surface area contributed by atoms with E-state index in [1.165, 1.54) is 0 Å². The summed E-state index contributed by atoms with van der Waals surface area (Å²) in [4.78, 5) is 20.2. The van der Waals surface area contributed by atoms with Crippen molar-refractivity contribution in [1.82, 2.24) is 9.88 Å². The molecule has 0 aliphatic carbocycles. The van der Waals surface area contributed by atoms with Crippen LogP contribution in [0.5, 0.6) is 0 Å². The number of amides is 1. The maximum absolute atomic E-state index is 11.7. The van der Waals surface area contributed by atoms with Crippen LogP contribution in [0, 0.1) is 0 Å². The number of carbonyl (C=O) groups excluding carboxylic acids is 1. The van der Waals surface area contributed by atoms with E-state index in [2.05, 4.69) is 9.88 Å². The molecule has 0 atom stereocenters. The van der Waals surface area contributed by atoms with Gasteiger partial charge in [0.15, 0.2) is 5.13 Å². The van der Waals surface area contributed by atoms with E-state index < -0.39 is 0 Å². The molecule has 0 bridgehead atoms. The van der Waals surface area contributed by atoms with Crippen molar-refractivity contribution in [3.8, 4) is 0 Å². The minimum Gasteiger partial charge on any atom is -0.345 e. The third-order valence-electron chi connectivity index (χ3n) is 2.79. The van der Waals surface area contributed by atoms with Crippen molar-refractivity contribution in [3.63, 3.8) is 0 Å². The average Bonchev–Trinajstić information content (AvgIpc) is 2.83. The molecule has 1 aliphatic heterocycles. The van der Waals surface area contributed by atoms with Crippen molar-refractivity contribution < 1.29 is 4.79 Å². The van der Waals surface area contributed by atoms with Gasteiger partial charge in [-0.3, -0.25) is 4.79 Å². The molecule has 16 heavy (non-hydrogen) atoms. The number of hydrogen-bond donors (Lipinski definition) is 0. The second-order valence-corrected chi connectivity index (χ2v) is 4.81. The van der Waals surface area contributed by atoms with Crippen LogP contribution in [-0.2, 0) is 4.79 Å². The summed E-state index contributed by atoms with van der Waals surface area (Å²) in [6, 6.07) is 0. The molecule has 1 aromatic rings. The van der Waals surface area contributed by atoms with Crippen LogP contribution in [0.1, 0.15) is 19.8 Å². The zero-order valence-electron chi connectivity index (χ0n) is 9.56. The Labute approximate surface area is 99.9 Å². The monoisotopic (exact) mass is 239 g/mol. The van der Waals surface area contributed by atoms with Gasteiger partial charge in [0.05, 0.1) is 0 Å². The third-order valence-corrected chi connectivity index (χ3v) is 3.62. The van der Waals surface area contributed by atoms with E-state index in [-0.39, 0.29) is 0 Å². The molecule has 2 heterocycles. The summed E-state index contributed by atoms with van der Waals surface area (Å²) in [6.45, 7) is 5.52. The van der Waals surface area contributed by atoms with Gasteiger partial charge in [0, 0.05) is 44.2 Å². The van der Waals surface area contributed by atoms with Gasteiger partial charge in [0.1, 0.15) is 0 Å². The molecule has 0 spiro atoms. The van der Waals surface area contributed by atoms with E-state index in [0.29, 0.717) is 12.3 Å². The van der Waals surface area contributed by atoms with Crippen molar-refractivity contribution in [2.45, 2.75) is 19.8 Å².